The van der Waals surface area contributed by atoms with Crippen LogP contribution in [-0.2, 0) is 16.1 Å². The number of rotatable bonds is 2. The molecule has 1 aromatic carbocycles. The highest BCUT2D eigenvalue weighted by Crippen LogP contribution is 2.45. The number of pyridine rings is 1. The van der Waals surface area contributed by atoms with Crippen molar-refractivity contribution in [2.45, 2.75) is 38.1 Å². The molecule has 1 aromatic heterocycles. The Labute approximate surface area is 145 Å². The second-order valence-electron chi connectivity index (χ2n) is 7.34. The lowest BCUT2D eigenvalue weighted by molar-refractivity contribution is -0.136. The Morgan fingerprint density at radius 3 is 3.08 bits per heavy atom. The van der Waals surface area contributed by atoms with Crippen LogP contribution in [0, 0.1) is 6.92 Å². The zero-order chi connectivity index (χ0) is 17.2. The summed E-state index contributed by atoms with van der Waals surface area (Å²) in [7, 11) is 0. The van der Waals surface area contributed by atoms with Gasteiger partial charge in [-0.2, -0.15) is 0 Å². The van der Waals surface area contributed by atoms with Crippen molar-refractivity contribution in [3.8, 4) is 0 Å². The molecule has 3 aliphatic heterocycles. The molecule has 1 amide bonds. The van der Waals surface area contributed by atoms with E-state index in [-0.39, 0.29) is 17.5 Å². The van der Waals surface area contributed by atoms with Crippen LogP contribution in [0.15, 0.2) is 29.1 Å². The van der Waals surface area contributed by atoms with Crippen LogP contribution < -0.4 is 5.56 Å². The van der Waals surface area contributed by atoms with Gasteiger partial charge in [-0.25, -0.2) is 0 Å². The Morgan fingerprint density at radius 2 is 2.20 bits per heavy atom. The summed E-state index contributed by atoms with van der Waals surface area (Å²) in [6, 6.07) is 8.06. The van der Waals surface area contributed by atoms with Gasteiger partial charge in [0.2, 0.25) is 5.91 Å². The van der Waals surface area contributed by atoms with E-state index in [2.05, 4.69) is 9.88 Å². The number of ether oxygens (including phenoxy) is 1. The number of nitrogens with one attached hydrogen (secondary N) is 1. The van der Waals surface area contributed by atoms with Crippen LogP contribution in [0.4, 0.5) is 0 Å². The fourth-order valence-electron chi connectivity index (χ4n) is 4.83. The van der Waals surface area contributed by atoms with Gasteiger partial charge in [0.1, 0.15) is 0 Å². The largest absolute Gasteiger partial charge is 0.352 e. The van der Waals surface area contributed by atoms with E-state index in [9.17, 15) is 9.59 Å². The normalized spacial score (nSPS) is 28.8. The zero-order valence-corrected chi connectivity index (χ0v) is 14.2. The molecule has 6 nitrogen and oxygen atoms in total. The molecular formula is C19H21N3O3. The Bertz CT molecular complexity index is 937. The summed E-state index contributed by atoms with van der Waals surface area (Å²) in [5.41, 5.74) is 2.22. The van der Waals surface area contributed by atoms with Crippen LogP contribution in [0.25, 0.3) is 10.9 Å². The van der Waals surface area contributed by atoms with Crippen molar-refractivity contribution >= 4 is 16.8 Å². The Balaban J connectivity index is 1.49. The minimum atomic E-state index is -0.447. The average Bonchev–Trinajstić information content (AvgIpc) is 3.22. The summed E-state index contributed by atoms with van der Waals surface area (Å²) in [6.07, 6.45) is 1.32. The lowest BCUT2D eigenvalue weighted by Crippen LogP contribution is -2.47. The number of H-pyrrole nitrogens is 1. The Morgan fingerprint density at radius 1 is 1.32 bits per heavy atom. The van der Waals surface area contributed by atoms with Gasteiger partial charge in [0, 0.05) is 38.0 Å². The van der Waals surface area contributed by atoms with Crippen molar-refractivity contribution < 1.29 is 9.53 Å². The number of carbonyl (C=O) groups is 1. The molecule has 2 atom stereocenters. The number of amides is 1. The van der Waals surface area contributed by atoms with Crippen molar-refractivity contribution in [2.24, 2.45) is 0 Å². The molecule has 130 valence electrons. The topological polar surface area (TPSA) is 65.6 Å². The van der Waals surface area contributed by atoms with Crippen molar-refractivity contribution in [2.75, 3.05) is 19.7 Å². The highest BCUT2D eigenvalue weighted by atomic mass is 16.5. The molecule has 1 N–H and O–H groups in total. The van der Waals surface area contributed by atoms with Crippen molar-refractivity contribution in [3.63, 3.8) is 0 Å². The second-order valence-corrected chi connectivity index (χ2v) is 7.34. The minimum Gasteiger partial charge on any atom is -0.352 e. The summed E-state index contributed by atoms with van der Waals surface area (Å²) in [5.74, 6) is 0.176. The maximum absolute atomic E-state index is 12.6. The lowest BCUT2D eigenvalue weighted by atomic mass is 10.1. The van der Waals surface area contributed by atoms with E-state index in [0.29, 0.717) is 26.1 Å². The number of aromatic nitrogens is 1. The predicted octanol–water partition coefficient (Wildman–Crippen LogP) is 1.37. The third-order valence-electron chi connectivity index (χ3n) is 6.05. The van der Waals surface area contributed by atoms with Crippen LogP contribution in [0.1, 0.15) is 24.0 Å². The maximum atomic E-state index is 12.6. The average molecular weight is 339 g/mol. The van der Waals surface area contributed by atoms with Gasteiger partial charge >= 0.3 is 0 Å². The van der Waals surface area contributed by atoms with Crippen LogP contribution in [0.5, 0.6) is 0 Å². The lowest BCUT2D eigenvalue weighted by Gasteiger charge is -2.31. The summed E-state index contributed by atoms with van der Waals surface area (Å²) < 4.78 is 6.02. The number of aryl methyl sites for hydroxylation is 1. The highest BCUT2D eigenvalue weighted by Gasteiger charge is 2.61. The van der Waals surface area contributed by atoms with Crippen LogP contribution in [0.2, 0.25) is 0 Å². The number of hydrogen-bond acceptors (Lipinski definition) is 4. The van der Waals surface area contributed by atoms with Crippen molar-refractivity contribution in [3.05, 3.63) is 45.7 Å². The third-order valence-corrected chi connectivity index (χ3v) is 6.05. The number of carbonyl (C=O) groups excluding carboxylic acids is 1. The summed E-state index contributed by atoms with van der Waals surface area (Å²) in [4.78, 5) is 32.0. The molecule has 0 unspecified atom stereocenters. The first-order valence-electron chi connectivity index (χ1n) is 8.88. The molecule has 3 saturated heterocycles. The molecule has 25 heavy (non-hydrogen) atoms. The number of hydrogen-bond donors (Lipinski definition) is 1. The molecule has 3 aliphatic rings. The molecular weight excluding hydrogens is 318 g/mol. The maximum Gasteiger partial charge on any atom is 0.252 e. The fourth-order valence-corrected chi connectivity index (χ4v) is 4.83. The van der Waals surface area contributed by atoms with Crippen molar-refractivity contribution in [1.29, 1.82) is 0 Å². The number of benzene rings is 1. The van der Waals surface area contributed by atoms with Gasteiger partial charge in [0.05, 0.1) is 18.2 Å². The quantitative estimate of drug-likeness (QED) is 0.897. The number of likely N-dealkylation sites (tertiary alicyclic amines) is 1. The zero-order valence-electron chi connectivity index (χ0n) is 14.2. The first-order chi connectivity index (χ1) is 12.1. The van der Waals surface area contributed by atoms with Crippen LogP contribution >= 0.6 is 0 Å². The van der Waals surface area contributed by atoms with E-state index in [1.54, 1.807) is 0 Å². The second kappa shape index (κ2) is 5.16. The van der Waals surface area contributed by atoms with E-state index in [1.165, 1.54) is 0 Å². The van der Waals surface area contributed by atoms with Crippen LogP contribution in [-0.4, -0.2) is 52.2 Å². The molecule has 0 aliphatic carbocycles. The highest BCUT2D eigenvalue weighted by molar-refractivity contribution is 5.82. The predicted molar refractivity (Wildman–Crippen MR) is 93.1 cm³/mol. The molecule has 3 fully saturated rings. The molecule has 0 bridgehead atoms. The fraction of sp³-hybridized carbons (Fsp3) is 0.474. The number of fused-ring (bicyclic) bond motifs is 1. The Kier molecular flexibility index (Phi) is 3.12. The van der Waals surface area contributed by atoms with E-state index in [0.717, 1.165) is 35.0 Å². The van der Waals surface area contributed by atoms with E-state index in [1.807, 2.05) is 36.1 Å². The minimum absolute atomic E-state index is 0.0451. The summed E-state index contributed by atoms with van der Waals surface area (Å²) in [5, 5.41) is 1.05. The van der Waals surface area contributed by atoms with Gasteiger partial charge in [-0.05, 0) is 23.9 Å². The summed E-state index contributed by atoms with van der Waals surface area (Å²) >= 11 is 0. The molecule has 2 aromatic rings. The smallest absolute Gasteiger partial charge is 0.252 e. The number of nitrogens with zero attached hydrogens (tertiary/aromatic N) is 2. The molecule has 6 heteroatoms. The van der Waals surface area contributed by atoms with E-state index in [4.69, 9.17) is 4.74 Å². The van der Waals surface area contributed by atoms with Gasteiger partial charge in [0.25, 0.3) is 5.56 Å². The van der Waals surface area contributed by atoms with Gasteiger partial charge in [-0.1, -0.05) is 18.2 Å². The first-order valence-corrected chi connectivity index (χ1v) is 8.88. The molecule has 5 rings (SSSR count). The third kappa shape index (κ3) is 2.04. The molecule has 0 radical (unpaired) electrons. The van der Waals surface area contributed by atoms with E-state index >= 15 is 0 Å². The first kappa shape index (κ1) is 15.1. The van der Waals surface area contributed by atoms with Gasteiger partial charge in [0.15, 0.2) is 5.72 Å². The molecule has 0 saturated carbocycles. The van der Waals surface area contributed by atoms with Gasteiger partial charge in [-0.15, -0.1) is 0 Å². The summed E-state index contributed by atoms with van der Waals surface area (Å²) in [6.45, 7) is 4.71. The Hall–Kier alpha value is -2.18. The van der Waals surface area contributed by atoms with E-state index < -0.39 is 5.72 Å². The van der Waals surface area contributed by atoms with Gasteiger partial charge in [-0.3, -0.25) is 14.5 Å². The SMILES string of the molecule is Cc1cccc2cc(CN3CC[C@@]45OCCN4C(=O)C[C@@H]35)c(=O)[nH]c12. The standard InChI is InChI=1S/C19H21N3O3/c1-12-3-2-4-13-9-14(18(24)20-17(12)13)11-21-6-5-19-15(21)10-16(23)22(19)7-8-25-19/h2-4,9,15H,5-8,10-11H2,1H3,(H,20,24)/t15-,19+/m1/s1. The molecule has 1 spiro atoms. The monoisotopic (exact) mass is 339 g/mol. The van der Waals surface area contributed by atoms with Gasteiger partial charge < -0.3 is 14.6 Å². The number of para-hydroxylation sites is 1. The number of aromatic amines is 1. The van der Waals surface area contributed by atoms with Crippen LogP contribution in [0.3, 0.4) is 0 Å². The van der Waals surface area contributed by atoms with Crippen molar-refractivity contribution in [1.82, 2.24) is 14.8 Å². The molecule has 4 heterocycles.